The van der Waals surface area contributed by atoms with Crippen LogP contribution in [-0.4, -0.2) is 28.7 Å². The van der Waals surface area contributed by atoms with Crippen LogP contribution < -0.4 is 16.4 Å². The molecule has 0 unspecified atom stereocenters. The molecule has 0 spiro atoms. The van der Waals surface area contributed by atoms with Crippen molar-refractivity contribution in [3.63, 3.8) is 0 Å². The Hall–Kier alpha value is -4.17. The zero-order chi connectivity index (χ0) is 25.0. The van der Waals surface area contributed by atoms with Gasteiger partial charge in [0.2, 0.25) is 0 Å². The summed E-state index contributed by atoms with van der Waals surface area (Å²) in [5.41, 5.74) is 7.85. The van der Waals surface area contributed by atoms with Crippen molar-refractivity contribution in [1.29, 1.82) is 5.41 Å². The lowest BCUT2D eigenvalue weighted by molar-refractivity contribution is 0.0696. The van der Waals surface area contributed by atoms with E-state index < -0.39 is 17.8 Å². The van der Waals surface area contributed by atoms with Crippen LogP contribution in [0.5, 0.6) is 0 Å². The molecule has 0 bridgehead atoms. The summed E-state index contributed by atoms with van der Waals surface area (Å²) in [6.45, 7) is 6.21. The summed E-state index contributed by atoms with van der Waals surface area (Å²) in [6.07, 6.45) is 0. The number of carbonyl (C=O) groups excluding carboxylic acids is 2. The van der Waals surface area contributed by atoms with Crippen molar-refractivity contribution < 1.29 is 19.5 Å². The van der Waals surface area contributed by atoms with Crippen LogP contribution in [0, 0.1) is 5.41 Å². The second-order valence-electron chi connectivity index (χ2n) is 8.80. The molecule has 3 aromatic carbocycles. The van der Waals surface area contributed by atoms with Crippen molar-refractivity contribution in [2.45, 2.75) is 26.2 Å². The average molecular weight is 495 g/mol. The first-order chi connectivity index (χ1) is 16.0. The van der Waals surface area contributed by atoms with Crippen molar-refractivity contribution in [2.75, 3.05) is 10.6 Å². The van der Waals surface area contributed by atoms with Gasteiger partial charge in [-0.2, -0.15) is 0 Å². The second kappa shape index (κ2) is 10.8. The van der Waals surface area contributed by atoms with Crippen LogP contribution in [-0.2, 0) is 5.41 Å². The van der Waals surface area contributed by atoms with Gasteiger partial charge in [0.25, 0.3) is 11.8 Å². The molecule has 2 amide bonds. The summed E-state index contributed by atoms with van der Waals surface area (Å²) in [4.78, 5) is 37.1. The number of amides is 2. The number of anilines is 2. The highest BCUT2D eigenvalue weighted by molar-refractivity contribution is 6.11. The minimum absolute atomic E-state index is 0. The second-order valence-corrected chi connectivity index (χ2v) is 8.80. The highest BCUT2D eigenvalue weighted by Crippen LogP contribution is 2.26. The monoisotopic (exact) mass is 494 g/mol. The lowest BCUT2D eigenvalue weighted by Gasteiger charge is -2.19. The van der Waals surface area contributed by atoms with Gasteiger partial charge in [-0.1, -0.05) is 45.0 Å². The first-order valence-electron chi connectivity index (χ1n) is 10.5. The molecule has 0 aliphatic heterocycles. The van der Waals surface area contributed by atoms with Crippen molar-refractivity contribution in [3.8, 4) is 0 Å². The predicted molar refractivity (Wildman–Crippen MR) is 139 cm³/mol. The zero-order valence-corrected chi connectivity index (χ0v) is 20.3. The van der Waals surface area contributed by atoms with E-state index in [4.69, 9.17) is 11.1 Å². The highest BCUT2D eigenvalue weighted by Gasteiger charge is 2.17. The molecule has 6 N–H and O–H groups in total. The average Bonchev–Trinajstić information content (AvgIpc) is 2.79. The van der Waals surface area contributed by atoms with Crippen LogP contribution in [0.4, 0.5) is 11.4 Å². The van der Waals surface area contributed by atoms with E-state index in [1.807, 2.05) is 12.1 Å². The predicted octanol–water partition coefficient (Wildman–Crippen LogP) is 4.89. The molecule has 9 heteroatoms. The molecule has 3 rings (SSSR count). The molecule has 0 radical (unpaired) electrons. The topological polar surface area (TPSA) is 145 Å². The fraction of sp³-hybridized carbons (Fsp3) is 0.154. The minimum Gasteiger partial charge on any atom is -0.478 e. The number of hydrogen-bond acceptors (Lipinski definition) is 4. The van der Waals surface area contributed by atoms with Crippen molar-refractivity contribution in [3.05, 3.63) is 94.5 Å². The summed E-state index contributed by atoms with van der Waals surface area (Å²) in [5, 5.41) is 22.3. The Morgan fingerprint density at radius 2 is 1.31 bits per heavy atom. The number of benzene rings is 3. The van der Waals surface area contributed by atoms with E-state index in [2.05, 4.69) is 31.4 Å². The van der Waals surface area contributed by atoms with E-state index in [9.17, 15) is 19.5 Å². The van der Waals surface area contributed by atoms with Gasteiger partial charge in [-0.05, 0) is 53.4 Å². The number of rotatable bonds is 6. The van der Waals surface area contributed by atoms with Gasteiger partial charge in [0.1, 0.15) is 5.84 Å². The summed E-state index contributed by atoms with van der Waals surface area (Å²) < 4.78 is 0. The molecular weight excluding hydrogens is 468 g/mol. The quantitative estimate of drug-likeness (QED) is 0.244. The van der Waals surface area contributed by atoms with Crippen LogP contribution in [0.3, 0.4) is 0 Å². The maximum absolute atomic E-state index is 12.9. The number of amidine groups is 1. The molecule has 0 aliphatic rings. The molecule has 0 fully saturated rings. The van der Waals surface area contributed by atoms with Gasteiger partial charge >= 0.3 is 5.97 Å². The van der Waals surface area contributed by atoms with Crippen LogP contribution in [0.15, 0.2) is 66.7 Å². The Kier molecular flexibility index (Phi) is 8.38. The number of halogens is 1. The van der Waals surface area contributed by atoms with Gasteiger partial charge < -0.3 is 21.5 Å². The lowest BCUT2D eigenvalue weighted by atomic mass is 9.87. The zero-order valence-electron chi connectivity index (χ0n) is 19.5. The van der Waals surface area contributed by atoms with Crippen molar-refractivity contribution >= 4 is 47.4 Å². The van der Waals surface area contributed by atoms with Crippen molar-refractivity contribution in [2.24, 2.45) is 5.73 Å². The van der Waals surface area contributed by atoms with E-state index in [0.29, 0.717) is 11.1 Å². The summed E-state index contributed by atoms with van der Waals surface area (Å²) in [7, 11) is 0. The van der Waals surface area contributed by atoms with Gasteiger partial charge in [0.05, 0.1) is 16.9 Å². The Balaban J connectivity index is 0.00000432. The Morgan fingerprint density at radius 1 is 0.771 bits per heavy atom. The Bertz CT molecular complexity index is 1280. The van der Waals surface area contributed by atoms with Crippen LogP contribution in [0.1, 0.15) is 63.0 Å². The van der Waals surface area contributed by atoms with E-state index in [-0.39, 0.29) is 46.2 Å². The number of nitrogen functional groups attached to an aromatic ring is 1. The maximum atomic E-state index is 12.9. The number of nitrogens with one attached hydrogen (secondary N) is 3. The summed E-state index contributed by atoms with van der Waals surface area (Å²) in [5.74, 6) is -2.30. The SMILES string of the molecule is CC(C)(C)c1ccc(C(=O)Nc2cc(C(=O)O)ccc2NC(=O)c2cccc(C(=N)N)c2)cc1.Cl. The minimum atomic E-state index is -1.17. The number of hydrogen-bond donors (Lipinski definition) is 5. The lowest BCUT2D eigenvalue weighted by Crippen LogP contribution is -2.18. The Labute approximate surface area is 209 Å². The summed E-state index contributed by atoms with van der Waals surface area (Å²) >= 11 is 0. The molecular formula is C26H27ClN4O4. The molecule has 0 saturated heterocycles. The largest absolute Gasteiger partial charge is 0.478 e. The van der Waals surface area contributed by atoms with Gasteiger partial charge in [0, 0.05) is 16.7 Å². The molecule has 0 heterocycles. The molecule has 0 aromatic heterocycles. The van der Waals surface area contributed by atoms with Crippen LogP contribution >= 0.6 is 12.4 Å². The molecule has 3 aromatic rings. The first kappa shape index (κ1) is 27.1. The van der Waals surface area contributed by atoms with Gasteiger partial charge in [-0.3, -0.25) is 15.0 Å². The number of carbonyl (C=O) groups is 3. The molecule has 182 valence electrons. The molecule has 0 atom stereocenters. The number of nitrogens with two attached hydrogens (primary N) is 1. The smallest absolute Gasteiger partial charge is 0.335 e. The molecule has 35 heavy (non-hydrogen) atoms. The fourth-order valence-corrected chi connectivity index (χ4v) is 3.23. The number of aromatic carboxylic acids is 1. The fourth-order valence-electron chi connectivity index (χ4n) is 3.23. The van der Waals surface area contributed by atoms with Crippen LogP contribution in [0.2, 0.25) is 0 Å². The third-order valence-electron chi connectivity index (χ3n) is 5.21. The maximum Gasteiger partial charge on any atom is 0.335 e. The Morgan fingerprint density at radius 3 is 1.89 bits per heavy atom. The normalized spacial score (nSPS) is 10.6. The molecule has 8 nitrogen and oxygen atoms in total. The standard InChI is InChI=1S/C26H26N4O4.ClH/c1-26(2,3)19-10-7-15(8-11-19)23(31)30-21-14-18(25(33)34)9-12-20(21)29-24(32)17-6-4-5-16(13-17)22(27)28;/h4-14H,1-3H3,(H3,27,28)(H,29,32)(H,30,31)(H,33,34);1H. The van der Waals surface area contributed by atoms with E-state index in [1.54, 1.807) is 30.3 Å². The van der Waals surface area contributed by atoms with E-state index in [0.717, 1.165) is 5.56 Å². The van der Waals surface area contributed by atoms with Gasteiger partial charge in [0.15, 0.2) is 0 Å². The van der Waals surface area contributed by atoms with Crippen LogP contribution in [0.25, 0.3) is 0 Å². The third kappa shape index (κ3) is 6.68. The first-order valence-corrected chi connectivity index (χ1v) is 10.5. The van der Waals surface area contributed by atoms with E-state index in [1.165, 1.54) is 24.3 Å². The highest BCUT2D eigenvalue weighted by atomic mass is 35.5. The van der Waals surface area contributed by atoms with Gasteiger partial charge in [-0.25, -0.2) is 4.79 Å². The van der Waals surface area contributed by atoms with E-state index >= 15 is 0 Å². The molecule has 0 saturated carbocycles. The number of carboxylic acid groups (broad SMARTS) is 1. The van der Waals surface area contributed by atoms with Gasteiger partial charge in [-0.15, -0.1) is 12.4 Å². The summed E-state index contributed by atoms with van der Waals surface area (Å²) in [6, 6.07) is 17.4. The number of carboxylic acids is 1. The third-order valence-corrected chi connectivity index (χ3v) is 5.21. The van der Waals surface area contributed by atoms with Crippen molar-refractivity contribution in [1.82, 2.24) is 0 Å². The molecule has 0 aliphatic carbocycles.